The van der Waals surface area contributed by atoms with Crippen molar-refractivity contribution in [2.24, 2.45) is 0 Å². The number of alkyl halides is 3. The summed E-state index contributed by atoms with van der Waals surface area (Å²) in [4.78, 5) is 4.54. The monoisotopic (exact) mass is 383 g/mol. The molecule has 0 amide bonds. The number of nitrogens with zero attached hydrogens (tertiary/aromatic N) is 3. The molecular weight excluding hydrogens is 367 g/mol. The lowest BCUT2D eigenvalue weighted by Gasteiger charge is -2.11. The summed E-state index contributed by atoms with van der Waals surface area (Å²) in [6, 6.07) is 18.9. The van der Waals surface area contributed by atoms with Gasteiger partial charge < -0.3 is 4.74 Å². The molecule has 4 rings (SSSR count). The summed E-state index contributed by atoms with van der Waals surface area (Å²) >= 11 is 0. The molecule has 28 heavy (non-hydrogen) atoms. The van der Waals surface area contributed by atoms with Gasteiger partial charge in [0.25, 0.3) is 0 Å². The average molecular weight is 383 g/mol. The molecule has 4 aromatic rings. The lowest BCUT2D eigenvalue weighted by atomic mass is 10.1. The summed E-state index contributed by atoms with van der Waals surface area (Å²) in [5.41, 5.74) is 1.77. The van der Waals surface area contributed by atoms with Gasteiger partial charge in [-0.2, -0.15) is 18.3 Å². The van der Waals surface area contributed by atoms with Crippen LogP contribution in [-0.4, -0.2) is 21.7 Å². The Morgan fingerprint density at radius 1 is 0.929 bits per heavy atom. The molecule has 2 aromatic heterocycles. The van der Waals surface area contributed by atoms with E-state index in [2.05, 4.69) is 10.1 Å². The molecular formula is C21H16F3N3O. The van der Waals surface area contributed by atoms with Crippen molar-refractivity contribution in [1.82, 2.24) is 14.6 Å². The SMILES string of the molecule is COCc1nn2c(C(F)(F)F)cc(-c3ccccc3)nc2c1-c1ccccc1. The number of halogens is 3. The number of rotatable bonds is 4. The predicted octanol–water partition coefficient (Wildman–Crippen LogP) is 5.23. The molecule has 0 aliphatic carbocycles. The Hall–Kier alpha value is -3.19. The van der Waals surface area contributed by atoms with Crippen molar-refractivity contribution in [3.05, 3.63) is 78.1 Å². The molecule has 0 spiro atoms. The summed E-state index contributed by atoms with van der Waals surface area (Å²) in [7, 11) is 1.48. The van der Waals surface area contributed by atoms with E-state index in [0.29, 0.717) is 16.8 Å². The summed E-state index contributed by atoms with van der Waals surface area (Å²) in [5, 5.41) is 4.19. The Balaban J connectivity index is 2.08. The lowest BCUT2D eigenvalue weighted by Crippen LogP contribution is -2.14. The molecule has 0 saturated carbocycles. The first-order chi connectivity index (χ1) is 13.5. The van der Waals surface area contributed by atoms with Crippen LogP contribution in [0.5, 0.6) is 0 Å². The van der Waals surface area contributed by atoms with Crippen LogP contribution in [-0.2, 0) is 17.5 Å². The number of benzene rings is 2. The van der Waals surface area contributed by atoms with Crippen molar-refractivity contribution in [2.75, 3.05) is 7.11 Å². The molecule has 7 heteroatoms. The maximum atomic E-state index is 13.8. The van der Waals surface area contributed by atoms with Crippen molar-refractivity contribution in [3.8, 4) is 22.4 Å². The average Bonchev–Trinajstić information content (AvgIpc) is 3.06. The van der Waals surface area contributed by atoms with E-state index in [9.17, 15) is 13.2 Å². The maximum absolute atomic E-state index is 13.8. The summed E-state index contributed by atoms with van der Waals surface area (Å²) < 4.78 is 47.5. The lowest BCUT2D eigenvalue weighted by molar-refractivity contribution is -0.142. The Bertz CT molecular complexity index is 1110. The zero-order valence-electron chi connectivity index (χ0n) is 14.9. The highest BCUT2D eigenvalue weighted by Gasteiger charge is 2.36. The van der Waals surface area contributed by atoms with Gasteiger partial charge in [-0.25, -0.2) is 9.50 Å². The van der Waals surface area contributed by atoms with Crippen LogP contribution in [0, 0.1) is 0 Å². The van der Waals surface area contributed by atoms with Gasteiger partial charge in [0.1, 0.15) is 0 Å². The number of hydrogen-bond donors (Lipinski definition) is 0. The highest BCUT2D eigenvalue weighted by atomic mass is 19.4. The Kier molecular flexibility index (Phi) is 4.60. The van der Waals surface area contributed by atoms with Gasteiger partial charge in [-0.05, 0) is 11.6 Å². The Morgan fingerprint density at radius 3 is 2.11 bits per heavy atom. The van der Waals surface area contributed by atoms with Gasteiger partial charge in [0.05, 0.1) is 23.6 Å². The van der Waals surface area contributed by atoms with E-state index in [0.717, 1.165) is 16.1 Å². The fourth-order valence-electron chi connectivity index (χ4n) is 3.16. The van der Waals surface area contributed by atoms with E-state index < -0.39 is 11.9 Å². The molecule has 0 radical (unpaired) electrons. The minimum Gasteiger partial charge on any atom is -0.378 e. The minimum atomic E-state index is -4.59. The molecule has 0 N–H and O–H groups in total. The maximum Gasteiger partial charge on any atom is 0.433 e. The zero-order chi connectivity index (χ0) is 19.7. The molecule has 0 fully saturated rings. The molecule has 2 heterocycles. The third kappa shape index (κ3) is 3.25. The Morgan fingerprint density at radius 2 is 1.54 bits per heavy atom. The van der Waals surface area contributed by atoms with Crippen LogP contribution < -0.4 is 0 Å². The van der Waals surface area contributed by atoms with Gasteiger partial charge in [-0.15, -0.1) is 0 Å². The normalized spacial score (nSPS) is 11.9. The standard InChI is InChI=1S/C21H16F3N3O/c1-28-13-17-19(15-10-6-3-7-11-15)20-25-16(14-8-4-2-5-9-14)12-18(21(22,23)24)27(20)26-17/h2-12H,13H2,1H3. The second kappa shape index (κ2) is 7.09. The molecule has 2 aromatic carbocycles. The number of fused-ring (bicyclic) bond motifs is 1. The molecule has 0 saturated heterocycles. The number of hydrogen-bond acceptors (Lipinski definition) is 3. The van der Waals surface area contributed by atoms with Gasteiger partial charge in [0.2, 0.25) is 0 Å². The third-order valence-corrected chi connectivity index (χ3v) is 4.37. The molecule has 0 atom stereocenters. The van der Waals surface area contributed by atoms with Crippen LogP contribution in [0.15, 0.2) is 66.7 Å². The highest BCUT2D eigenvalue weighted by Crippen LogP contribution is 2.36. The Labute approximate surface area is 159 Å². The highest BCUT2D eigenvalue weighted by molar-refractivity contribution is 5.81. The van der Waals surface area contributed by atoms with Crippen LogP contribution >= 0.6 is 0 Å². The van der Waals surface area contributed by atoms with Gasteiger partial charge in [0.15, 0.2) is 11.3 Å². The fraction of sp³-hybridized carbons (Fsp3) is 0.143. The number of methoxy groups -OCH3 is 1. The van der Waals surface area contributed by atoms with E-state index in [-0.39, 0.29) is 17.9 Å². The first-order valence-electron chi connectivity index (χ1n) is 8.58. The largest absolute Gasteiger partial charge is 0.433 e. The molecule has 0 aliphatic rings. The van der Waals surface area contributed by atoms with Gasteiger partial charge >= 0.3 is 6.18 Å². The van der Waals surface area contributed by atoms with Crippen LogP contribution in [0.1, 0.15) is 11.4 Å². The summed E-state index contributed by atoms with van der Waals surface area (Å²) in [5.74, 6) is 0. The van der Waals surface area contributed by atoms with Crippen LogP contribution in [0.2, 0.25) is 0 Å². The van der Waals surface area contributed by atoms with Gasteiger partial charge in [-0.1, -0.05) is 60.7 Å². The molecule has 0 aliphatic heterocycles. The zero-order valence-corrected chi connectivity index (χ0v) is 14.9. The van der Waals surface area contributed by atoms with Crippen molar-refractivity contribution in [3.63, 3.8) is 0 Å². The van der Waals surface area contributed by atoms with Crippen molar-refractivity contribution in [1.29, 1.82) is 0 Å². The van der Waals surface area contributed by atoms with E-state index in [4.69, 9.17) is 4.74 Å². The van der Waals surface area contributed by atoms with Crippen molar-refractivity contribution < 1.29 is 17.9 Å². The van der Waals surface area contributed by atoms with E-state index in [1.165, 1.54) is 7.11 Å². The first-order valence-corrected chi connectivity index (χ1v) is 8.58. The second-order valence-corrected chi connectivity index (χ2v) is 6.25. The smallest absolute Gasteiger partial charge is 0.378 e. The number of aromatic nitrogens is 3. The van der Waals surface area contributed by atoms with E-state index in [1.807, 2.05) is 30.3 Å². The second-order valence-electron chi connectivity index (χ2n) is 6.25. The predicted molar refractivity (Wildman–Crippen MR) is 99.6 cm³/mol. The third-order valence-electron chi connectivity index (χ3n) is 4.37. The first kappa shape index (κ1) is 18.2. The molecule has 4 nitrogen and oxygen atoms in total. The van der Waals surface area contributed by atoms with Crippen molar-refractivity contribution in [2.45, 2.75) is 12.8 Å². The van der Waals surface area contributed by atoms with Crippen LogP contribution in [0.3, 0.4) is 0 Å². The molecule has 0 unspecified atom stereocenters. The summed E-state index contributed by atoms with van der Waals surface area (Å²) in [6.45, 7) is 0.0750. The van der Waals surface area contributed by atoms with Crippen molar-refractivity contribution >= 4 is 5.65 Å². The van der Waals surface area contributed by atoms with Gasteiger partial charge in [-0.3, -0.25) is 0 Å². The van der Waals surface area contributed by atoms with Crippen LogP contribution in [0.4, 0.5) is 13.2 Å². The van der Waals surface area contributed by atoms with Crippen LogP contribution in [0.25, 0.3) is 28.0 Å². The van der Waals surface area contributed by atoms with Gasteiger partial charge in [0, 0.05) is 12.7 Å². The topological polar surface area (TPSA) is 39.4 Å². The fourth-order valence-corrected chi connectivity index (χ4v) is 3.16. The molecule has 142 valence electrons. The molecule has 0 bridgehead atoms. The number of ether oxygens (including phenoxy) is 1. The quantitative estimate of drug-likeness (QED) is 0.485. The van der Waals surface area contributed by atoms with E-state index >= 15 is 0 Å². The van der Waals surface area contributed by atoms with E-state index in [1.54, 1.807) is 30.3 Å². The summed E-state index contributed by atoms with van der Waals surface area (Å²) in [6.07, 6.45) is -4.59. The minimum absolute atomic E-state index is 0.0750.